The highest BCUT2D eigenvalue weighted by Crippen LogP contribution is 2.22. The first-order valence-electron chi connectivity index (χ1n) is 5.81. The minimum absolute atomic E-state index is 0.00282. The molecule has 1 saturated heterocycles. The summed E-state index contributed by atoms with van der Waals surface area (Å²) < 4.78 is 10.6. The smallest absolute Gasteiger partial charge is 0.280 e. The summed E-state index contributed by atoms with van der Waals surface area (Å²) in [5, 5.41) is 15.6. The molecular weight excluding hydrogens is 286 g/mol. The molecule has 9 heteroatoms. The van der Waals surface area contributed by atoms with Gasteiger partial charge >= 0.3 is 0 Å². The van der Waals surface area contributed by atoms with Crippen molar-refractivity contribution in [2.45, 2.75) is 19.1 Å². The van der Waals surface area contributed by atoms with E-state index in [2.05, 4.69) is 10.5 Å². The number of hydrogen-bond donors (Lipinski definition) is 1. The van der Waals surface area contributed by atoms with Crippen molar-refractivity contribution in [2.75, 3.05) is 13.2 Å². The first-order chi connectivity index (χ1) is 9.48. The topological polar surface area (TPSA) is 103 Å². The van der Waals surface area contributed by atoms with E-state index in [1.54, 1.807) is 6.92 Å². The summed E-state index contributed by atoms with van der Waals surface area (Å²) in [5.74, 6) is -1.25. The van der Waals surface area contributed by atoms with Gasteiger partial charge in [0, 0.05) is 6.07 Å². The number of nitrogens with one attached hydrogen (secondary N) is 1. The lowest BCUT2D eigenvalue weighted by atomic mass is 10.2. The third-order valence-corrected chi connectivity index (χ3v) is 3.43. The van der Waals surface area contributed by atoms with Crippen LogP contribution in [0.25, 0.3) is 0 Å². The third kappa shape index (κ3) is 3.83. The number of hydrogen-bond acceptors (Lipinski definition) is 7. The van der Waals surface area contributed by atoms with Crippen molar-refractivity contribution in [3.8, 4) is 0 Å². The maximum Gasteiger partial charge on any atom is 0.280 e. The molecule has 1 N–H and O–H groups in total. The Morgan fingerprint density at radius 3 is 2.95 bits per heavy atom. The third-order valence-electron chi connectivity index (χ3n) is 2.58. The lowest BCUT2D eigenvalue weighted by Crippen LogP contribution is -2.33. The molecule has 1 aliphatic heterocycles. The summed E-state index contributed by atoms with van der Waals surface area (Å²) in [4.78, 5) is 22.2. The number of nitro groups is 1. The molecule has 20 heavy (non-hydrogen) atoms. The van der Waals surface area contributed by atoms with Crippen LogP contribution in [0.1, 0.15) is 18.2 Å². The molecule has 1 amide bonds. The quantitative estimate of drug-likeness (QED) is 0.501. The zero-order valence-electron chi connectivity index (χ0n) is 10.7. The van der Waals surface area contributed by atoms with Crippen LogP contribution in [0.15, 0.2) is 16.5 Å². The number of carbonyl (C=O) groups is 1. The predicted octanol–water partition coefficient (Wildman–Crippen LogP) is 1.26. The van der Waals surface area contributed by atoms with Gasteiger partial charge in [0.1, 0.15) is 0 Å². The Hall–Kier alpha value is -1.84. The summed E-state index contributed by atoms with van der Waals surface area (Å²) in [7, 11) is 0. The number of hydrazone groups is 1. The number of rotatable bonds is 5. The van der Waals surface area contributed by atoms with E-state index < -0.39 is 10.7 Å². The zero-order chi connectivity index (χ0) is 14.6. The Balaban J connectivity index is 1.83. The number of thiophene rings is 1. The predicted molar refractivity (Wildman–Crippen MR) is 71.6 cm³/mol. The molecule has 0 aromatic carbocycles. The van der Waals surface area contributed by atoms with Gasteiger partial charge in [0.05, 0.1) is 41.0 Å². The van der Waals surface area contributed by atoms with Crippen LogP contribution in [0.5, 0.6) is 0 Å². The van der Waals surface area contributed by atoms with Crippen LogP contribution < -0.4 is 5.43 Å². The standard InChI is InChI=1S/C11H13N3O5S/c1-11(18-2-3-19-11)5-10(15)13-12-6-9-4-8(7-20-9)14(16)17/h4,6-7H,2-3,5H2,1H3,(H,13,15)/b12-6+. The van der Waals surface area contributed by atoms with Crippen molar-refractivity contribution in [3.05, 3.63) is 26.4 Å². The van der Waals surface area contributed by atoms with Gasteiger partial charge in [0.25, 0.3) is 5.69 Å². The largest absolute Gasteiger partial charge is 0.347 e. The Kier molecular flexibility index (Phi) is 4.42. The van der Waals surface area contributed by atoms with Crippen LogP contribution in [0.2, 0.25) is 0 Å². The second-order valence-electron chi connectivity index (χ2n) is 4.27. The van der Waals surface area contributed by atoms with Gasteiger partial charge in [0.15, 0.2) is 5.79 Å². The average molecular weight is 299 g/mol. The van der Waals surface area contributed by atoms with E-state index in [1.165, 1.54) is 29.0 Å². The number of amides is 1. The van der Waals surface area contributed by atoms with E-state index >= 15 is 0 Å². The average Bonchev–Trinajstić information content (AvgIpc) is 2.98. The van der Waals surface area contributed by atoms with Crippen LogP contribution in [0, 0.1) is 10.1 Å². The minimum Gasteiger partial charge on any atom is -0.347 e. The minimum atomic E-state index is -0.901. The van der Waals surface area contributed by atoms with Crippen molar-refractivity contribution in [1.82, 2.24) is 5.43 Å². The van der Waals surface area contributed by atoms with Crippen LogP contribution in [-0.2, 0) is 14.3 Å². The molecule has 0 spiro atoms. The molecule has 0 unspecified atom stereocenters. The summed E-state index contributed by atoms with van der Waals surface area (Å²) in [6.07, 6.45) is 1.39. The van der Waals surface area contributed by atoms with Crippen LogP contribution in [0.4, 0.5) is 5.69 Å². The van der Waals surface area contributed by atoms with Gasteiger partial charge in [-0.25, -0.2) is 5.43 Å². The summed E-state index contributed by atoms with van der Waals surface area (Å²) in [5.41, 5.74) is 2.33. The van der Waals surface area contributed by atoms with Gasteiger partial charge in [-0.15, -0.1) is 11.3 Å². The van der Waals surface area contributed by atoms with Gasteiger partial charge in [-0.2, -0.15) is 5.10 Å². The lowest BCUT2D eigenvalue weighted by molar-refractivity contribution is -0.384. The number of nitrogens with zero attached hydrogens (tertiary/aromatic N) is 2. The Morgan fingerprint density at radius 1 is 1.65 bits per heavy atom. The molecule has 2 heterocycles. The van der Waals surface area contributed by atoms with Crippen molar-refractivity contribution in [3.63, 3.8) is 0 Å². The molecule has 1 aliphatic rings. The monoisotopic (exact) mass is 299 g/mol. The molecule has 1 aromatic rings. The Labute approximate surface area is 118 Å². The lowest BCUT2D eigenvalue weighted by Gasteiger charge is -2.20. The van der Waals surface area contributed by atoms with E-state index in [1.807, 2.05) is 0 Å². The summed E-state index contributed by atoms with van der Waals surface area (Å²) in [6, 6.07) is 1.38. The van der Waals surface area contributed by atoms with Crippen molar-refractivity contribution >= 4 is 29.1 Å². The van der Waals surface area contributed by atoms with E-state index in [0.717, 1.165) is 0 Å². The molecule has 0 aliphatic carbocycles. The van der Waals surface area contributed by atoms with Crippen LogP contribution in [0.3, 0.4) is 0 Å². The Bertz CT molecular complexity index is 536. The summed E-state index contributed by atoms with van der Waals surface area (Å²) >= 11 is 1.17. The highest BCUT2D eigenvalue weighted by molar-refractivity contribution is 7.12. The summed E-state index contributed by atoms with van der Waals surface area (Å²) in [6.45, 7) is 2.61. The molecule has 0 radical (unpaired) electrons. The number of ether oxygens (including phenoxy) is 2. The highest BCUT2D eigenvalue weighted by Gasteiger charge is 2.33. The first-order valence-corrected chi connectivity index (χ1v) is 6.69. The second-order valence-corrected chi connectivity index (χ2v) is 5.21. The maximum atomic E-state index is 11.6. The molecule has 0 saturated carbocycles. The van der Waals surface area contributed by atoms with Gasteiger partial charge in [-0.3, -0.25) is 14.9 Å². The van der Waals surface area contributed by atoms with E-state index in [-0.39, 0.29) is 18.0 Å². The molecule has 8 nitrogen and oxygen atoms in total. The number of carbonyl (C=O) groups excluding carboxylic acids is 1. The molecule has 108 valence electrons. The first kappa shape index (κ1) is 14.6. The van der Waals surface area contributed by atoms with E-state index in [0.29, 0.717) is 18.1 Å². The maximum absolute atomic E-state index is 11.6. The molecule has 0 bridgehead atoms. The van der Waals surface area contributed by atoms with Crippen molar-refractivity contribution in [2.24, 2.45) is 5.10 Å². The van der Waals surface area contributed by atoms with Crippen molar-refractivity contribution < 1.29 is 19.2 Å². The van der Waals surface area contributed by atoms with Gasteiger partial charge in [0.2, 0.25) is 5.91 Å². The highest BCUT2D eigenvalue weighted by atomic mass is 32.1. The second kappa shape index (κ2) is 6.07. The van der Waals surface area contributed by atoms with Crippen LogP contribution in [-0.4, -0.2) is 36.0 Å². The fourth-order valence-electron chi connectivity index (χ4n) is 1.66. The molecule has 1 fully saturated rings. The molecule has 1 aromatic heterocycles. The van der Waals surface area contributed by atoms with E-state index in [9.17, 15) is 14.9 Å². The van der Waals surface area contributed by atoms with Gasteiger partial charge in [-0.05, 0) is 6.92 Å². The van der Waals surface area contributed by atoms with Crippen molar-refractivity contribution in [1.29, 1.82) is 0 Å². The van der Waals surface area contributed by atoms with E-state index in [4.69, 9.17) is 9.47 Å². The fourth-order valence-corrected chi connectivity index (χ4v) is 2.38. The van der Waals surface area contributed by atoms with Gasteiger partial charge in [-0.1, -0.05) is 0 Å². The normalized spacial score (nSPS) is 17.4. The zero-order valence-corrected chi connectivity index (χ0v) is 11.5. The molecular formula is C11H13N3O5S. The SMILES string of the molecule is CC1(CC(=O)N/N=C/c2cc([N+](=O)[O-])cs2)OCCO1. The van der Waals surface area contributed by atoms with Gasteiger partial charge < -0.3 is 9.47 Å². The van der Waals surface area contributed by atoms with Crippen LogP contribution >= 0.6 is 11.3 Å². The Morgan fingerprint density at radius 2 is 2.35 bits per heavy atom. The molecule has 0 atom stereocenters. The fraction of sp³-hybridized carbons (Fsp3) is 0.455. The molecule has 2 rings (SSSR count).